The number of carbonyl (C=O) groups is 6. The molecule has 0 heterocycles. The van der Waals surface area contributed by atoms with Crippen LogP contribution < -0.4 is 30.6 Å². The molecule has 0 aromatic rings. The molecule has 0 bridgehead atoms. The van der Waals surface area contributed by atoms with Gasteiger partial charge in [0.15, 0.2) is 0 Å². The molecule has 0 amide bonds. The van der Waals surface area contributed by atoms with E-state index in [4.69, 9.17) is 0 Å². The number of aliphatic carboxylic acids is 6. The maximum absolute atomic E-state index is 10.1. The molecule has 0 unspecified atom stereocenters. The van der Waals surface area contributed by atoms with Crippen LogP contribution in [0.2, 0.25) is 0 Å². The van der Waals surface area contributed by atoms with Crippen molar-refractivity contribution in [1.82, 2.24) is 0 Å². The zero-order valence-electron chi connectivity index (χ0n) is 14.0. The third kappa shape index (κ3) is 27.5. The quantitative estimate of drug-likeness (QED) is 0.189. The summed E-state index contributed by atoms with van der Waals surface area (Å²) in [6.07, 6.45) is -3.51. The zero-order valence-corrected chi connectivity index (χ0v) is 27.3. The van der Waals surface area contributed by atoms with E-state index in [2.05, 4.69) is 0 Å². The summed E-state index contributed by atoms with van der Waals surface area (Å²) in [5.41, 5.74) is 0. The van der Waals surface area contributed by atoms with Crippen molar-refractivity contribution in [2.45, 2.75) is 25.7 Å². The Labute approximate surface area is 273 Å². The molecular weight excluding hydrogens is 748 g/mol. The number of carboxylic acid groups (broad SMARTS) is 6. The summed E-state index contributed by atoms with van der Waals surface area (Å²) in [7, 11) is 0. The van der Waals surface area contributed by atoms with Crippen molar-refractivity contribution in [3.63, 3.8) is 0 Å². The van der Waals surface area contributed by atoms with E-state index in [1.807, 2.05) is 0 Å². The summed E-state index contributed by atoms with van der Waals surface area (Å²) >= 11 is 0. The summed E-state index contributed by atoms with van der Waals surface area (Å²) in [5, 5.41) is 59.7. The maximum Gasteiger partial charge on any atom is 2.00 e. The van der Waals surface area contributed by atoms with Crippen molar-refractivity contribution in [3.05, 3.63) is 0 Å². The first-order chi connectivity index (χ1) is 10.9. The molecule has 136 valence electrons. The molecule has 0 aliphatic carbocycles. The Balaban J connectivity index is -0.000000108. The van der Waals surface area contributed by atoms with Crippen LogP contribution in [-0.2, 0) is 28.8 Å². The van der Waals surface area contributed by atoms with Crippen LogP contribution in [0.15, 0.2) is 0 Å². The van der Waals surface area contributed by atoms with E-state index in [-0.39, 0.29) is 147 Å². The summed E-state index contributed by atoms with van der Waals surface area (Å²) in [6, 6.07) is 0. The Morgan fingerprint density at radius 3 is 0.667 bits per heavy atom. The molecule has 0 N–H and O–H groups in total. The first-order valence-corrected chi connectivity index (χ1v) is 6.07. The van der Waals surface area contributed by atoms with Gasteiger partial charge in [0.25, 0.3) is 0 Å². The Kier molecular flexibility index (Phi) is 32.2. The standard InChI is InChI=1S/2C6H8O6.3Ba/c2*7-4(8)1-3(6(11)12)2-5(9)10;;;/h2*3H,1-2H2,(H,7,8)(H,9,10)(H,11,12);;;/q;;3*+2/p-6. The van der Waals surface area contributed by atoms with Gasteiger partial charge in [0, 0.05) is 47.7 Å². The summed E-state index contributed by atoms with van der Waals surface area (Å²) in [6.45, 7) is 0. The van der Waals surface area contributed by atoms with Gasteiger partial charge >= 0.3 is 147 Å². The minimum absolute atomic E-state index is 0. The maximum atomic E-state index is 10.1. The van der Waals surface area contributed by atoms with Crippen LogP contribution in [0.5, 0.6) is 0 Å². The van der Waals surface area contributed by atoms with Crippen molar-refractivity contribution < 1.29 is 59.4 Å². The molecule has 0 fully saturated rings. The van der Waals surface area contributed by atoms with Crippen LogP contribution in [0, 0.1) is 11.8 Å². The fourth-order valence-corrected chi connectivity index (χ4v) is 1.28. The fourth-order valence-electron chi connectivity index (χ4n) is 1.28. The van der Waals surface area contributed by atoms with Crippen molar-refractivity contribution in [1.29, 1.82) is 0 Å². The Bertz CT molecular complexity index is 444. The normalized spacial score (nSPS) is 8.67. The molecule has 0 spiro atoms. The Morgan fingerprint density at radius 2 is 0.593 bits per heavy atom. The second kappa shape index (κ2) is 22.2. The topological polar surface area (TPSA) is 241 Å². The van der Waals surface area contributed by atoms with E-state index in [0.29, 0.717) is 0 Å². The summed E-state index contributed by atoms with van der Waals surface area (Å²) in [4.78, 5) is 59.7. The van der Waals surface area contributed by atoms with Gasteiger partial charge < -0.3 is 59.4 Å². The fraction of sp³-hybridized carbons (Fsp3) is 0.500. The SMILES string of the molecule is O=C([O-])CC(CC(=O)[O-])C(=O)[O-].O=C([O-])CC(CC(=O)[O-])C(=O)[O-].[Ba+2].[Ba+2].[Ba+2]. The van der Waals surface area contributed by atoms with Gasteiger partial charge in [-0.25, -0.2) is 0 Å². The Hall–Kier alpha value is 1.53. The molecule has 0 aliphatic rings. The minimum atomic E-state index is -1.73. The van der Waals surface area contributed by atoms with Crippen LogP contribution in [0.25, 0.3) is 0 Å². The van der Waals surface area contributed by atoms with Gasteiger partial charge in [-0.2, -0.15) is 0 Å². The molecule has 0 radical (unpaired) electrons. The number of hydrogen-bond donors (Lipinski definition) is 0. The first kappa shape index (κ1) is 39.1. The third-order valence-electron chi connectivity index (χ3n) is 2.32. The van der Waals surface area contributed by atoms with Gasteiger partial charge in [0.05, 0.1) is 0 Å². The van der Waals surface area contributed by atoms with Gasteiger partial charge in [0.2, 0.25) is 0 Å². The van der Waals surface area contributed by atoms with E-state index < -0.39 is 73.3 Å². The van der Waals surface area contributed by atoms with Gasteiger partial charge in [-0.3, -0.25) is 0 Å². The molecule has 15 heteroatoms. The van der Waals surface area contributed by atoms with Gasteiger partial charge in [-0.1, -0.05) is 0 Å². The van der Waals surface area contributed by atoms with Crippen molar-refractivity contribution in [3.8, 4) is 0 Å². The smallest absolute Gasteiger partial charge is 0.550 e. The largest absolute Gasteiger partial charge is 2.00 e. The van der Waals surface area contributed by atoms with E-state index >= 15 is 0 Å². The van der Waals surface area contributed by atoms with E-state index in [9.17, 15) is 59.4 Å². The number of carboxylic acids is 6. The molecule has 0 aromatic heterocycles. The van der Waals surface area contributed by atoms with Gasteiger partial charge in [0.1, 0.15) is 0 Å². The average molecular weight is 758 g/mol. The molecule has 27 heavy (non-hydrogen) atoms. The summed E-state index contributed by atoms with van der Waals surface area (Å²) < 4.78 is 0. The molecule has 0 aromatic carbocycles. The molecule has 0 atom stereocenters. The van der Waals surface area contributed by atoms with Crippen molar-refractivity contribution >= 4 is 182 Å². The second-order valence-corrected chi connectivity index (χ2v) is 4.34. The monoisotopic (exact) mass is 760 g/mol. The van der Waals surface area contributed by atoms with E-state index in [1.165, 1.54) is 0 Å². The van der Waals surface area contributed by atoms with Gasteiger partial charge in [-0.15, -0.1) is 0 Å². The minimum Gasteiger partial charge on any atom is -0.550 e. The summed E-state index contributed by atoms with van der Waals surface area (Å²) in [5.74, 6) is -13.2. The third-order valence-corrected chi connectivity index (χ3v) is 2.32. The van der Waals surface area contributed by atoms with Crippen LogP contribution in [-0.4, -0.2) is 182 Å². The molecule has 0 saturated carbocycles. The predicted molar refractivity (Wildman–Crippen MR) is 72.8 cm³/mol. The molecule has 0 saturated heterocycles. The van der Waals surface area contributed by atoms with Crippen molar-refractivity contribution in [2.24, 2.45) is 11.8 Å². The molecular formula is C12H10Ba3O12. The molecule has 0 rings (SSSR count). The zero-order chi connectivity index (χ0) is 19.4. The molecule has 0 aliphatic heterocycles. The number of rotatable bonds is 10. The van der Waals surface area contributed by atoms with Gasteiger partial charge in [-0.05, 0) is 25.7 Å². The predicted octanol–water partition coefficient (Wildman–Crippen LogP) is -9.88. The van der Waals surface area contributed by atoms with Crippen molar-refractivity contribution in [2.75, 3.05) is 0 Å². The van der Waals surface area contributed by atoms with E-state index in [0.717, 1.165) is 0 Å². The van der Waals surface area contributed by atoms with Crippen LogP contribution >= 0.6 is 0 Å². The van der Waals surface area contributed by atoms with Crippen LogP contribution in [0.1, 0.15) is 25.7 Å². The first-order valence-electron chi connectivity index (χ1n) is 6.07. The second-order valence-electron chi connectivity index (χ2n) is 4.34. The number of carbonyl (C=O) groups excluding carboxylic acids is 6. The van der Waals surface area contributed by atoms with Crippen LogP contribution in [0.3, 0.4) is 0 Å². The Morgan fingerprint density at radius 1 is 0.444 bits per heavy atom. The average Bonchev–Trinajstić information content (AvgIpc) is 2.35. The number of hydrogen-bond acceptors (Lipinski definition) is 12. The molecule has 12 nitrogen and oxygen atoms in total. The van der Waals surface area contributed by atoms with Crippen LogP contribution in [0.4, 0.5) is 0 Å². The van der Waals surface area contributed by atoms with E-state index in [1.54, 1.807) is 0 Å².